The molecule has 0 saturated carbocycles. The number of halogens is 1. The summed E-state index contributed by atoms with van der Waals surface area (Å²) in [4.78, 5) is 19.8. The SMILES string of the molecule is ClCc1ccc2c(c1)CCNCC2.O=C(O)CCCCC(=O)O. The van der Waals surface area contributed by atoms with Crippen LogP contribution < -0.4 is 5.32 Å². The molecule has 0 unspecified atom stereocenters. The minimum atomic E-state index is -0.870. The van der Waals surface area contributed by atoms with Crippen molar-refractivity contribution in [3.63, 3.8) is 0 Å². The van der Waals surface area contributed by atoms with E-state index in [-0.39, 0.29) is 12.8 Å². The number of carboxylic acids is 2. The second kappa shape index (κ2) is 11.0. The summed E-state index contributed by atoms with van der Waals surface area (Å²) in [6.45, 7) is 2.20. The van der Waals surface area contributed by atoms with Crippen LogP contribution >= 0.6 is 11.6 Å². The standard InChI is InChI=1S/C11H14ClN.C6H10O4/c12-8-9-1-2-10-3-5-13-6-4-11(10)7-9;7-5(8)3-1-2-4-6(9)10/h1-2,7,13H,3-6,8H2;1-4H2,(H,7,8)(H,9,10). The average molecular weight is 342 g/mol. The molecule has 1 aliphatic rings. The van der Waals surface area contributed by atoms with Crippen LogP contribution in [0.25, 0.3) is 0 Å². The number of hydrogen-bond donors (Lipinski definition) is 3. The van der Waals surface area contributed by atoms with Gasteiger partial charge in [0, 0.05) is 18.7 Å². The maximum atomic E-state index is 9.90. The van der Waals surface area contributed by atoms with Crippen LogP contribution in [0.3, 0.4) is 0 Å². The van der Waals surface area contributed by atoms with Gasteiger partial charge in [-0.05, 0) is 55.5 Å². The Balaban J connectivity index is 0.000000241. The van der Waals surface area contributed by atoms with Gasteiger partial charge in [-0.3, -0.25) is 9.59 Å². The van der Waals surface area contributed by atoms with Crippen LogP contribution in [0.1, 0.15) is 42.4 Å². The van der Waals surface area contributed by atoms with Crippen LogP contribution in [0.4, 0.5) is 0 Å². The molecule has 0 amide bonds. The minimum Gasteiger partial charge on any atom is -0.481 e. The maximum absolute atomic E-state index is 9.90. The molecule has 0 aliphatic carbocycles. The van der Waals surface area contributed by atoms with E-state index in [0.717, 1.165) is 25.9 Å². The Labute approximate surface area is 141 Å². The molecule has 1 heterocycles. The second-order valence-electron chi connectivity index (χ2n) is 5.48. The van der Waals surface area contributed by atoms with Crippen LogP contribution in [0.15, 0.2) is 18.2 Å². The van der Waals surface area contributed by atoms with Gasteiger partial charge in [0.2, 0.25) is 0 Å². The van der Waals surface area contributed by atoms with E-state index in [0.29, 0.717) is 18.7 Å². The zero-order chi connectivity index (χ0) is 17.1. The number of carboxylic acid groups (broad SMARTS) is 2. The van der Waals surface area contributed by atoms with Crippen LogP contribution in [0.2, 0.25) is 0 Å². The fourth-order valence-corrected chi connectivity index (χ4v) is 2.53. The molecular formula is C17H24ClNO4. The van der Waals surface area contributed by atoms with Crippen LogP contribution in [-0.4, -0.2) is 35.2 Å². The first-order valence-corrected chi connectivity index (χ1v) is 8.37. The van der Waals surface area contributed by atoms with Crippen molar-refractivity contribution in [3.05, 3.63) is 34.9 Å². The third kappa shape index (κ3) is 8.57. The van der Waals surface area contributed by atoms with E-state index in [9.17, 15) is 9.59 Å². The van der Waals surface area contributed by atoms with Gasteiger partial charge in [-0.15, -0.1) is 11.6 Å². The molecule has 0 bridgehead atoms. The normalized spacial score (nSPS) is 13.3. The summed E-state index contributed by atoms with van der Waals surface area (Å²) in [6.07, 6.45) is 3.31. The van der Waals surface area contributed by atoms with Gasteiger partial charge in [0.05, 0.1) is 0 Å². The molecule has 0 atom stereocenters. The van der Waals surface area contributed by atoms with E-state index < -0.39 is 11.9 Å². The molecule has 0 aromatic heterocycles. The van der Waals surface area contributed by atoms with Gasteiger partial charge in [-0.1, -0.05) is 18.2 Å². The first kappa shape index (κ1) is 19.5. The first-order valence-electron chi connectivity index (χ1n) is 7.84. The number of alkyl halides is 1. The lowest BCUT2D eigenvalue weighted by Crippen LogP contribution is -2.16. The zero-order valence-electron chi connectivity index (χ0n) is 13.2. The number of aliphatic carboxylic acids is 2. The van der Waals surface area contributed by atoms with Crippen molar-refractivity contribution in [1.82, 2.24) is 5.32 Å². The lowest BCUT2D eigenvalue weighted by atomic mass is 10.0. The Kier molecular flexibility index (Phi) is 9.33. The summed E-state index contributed by atoms with van der Waals surface area (Å²) in [7, 11) is 0. The summed E-state index contributed by atoms with van der Waals surface area (Å²) in [5.74, 6) is -1.11. The van der Waals surface area contributed by atoms with E-state index in [2.05, 4.69) is 23.5 Å². The van der Waals surface area contributed by atoms with Crippen LogP contribution in [0, 0.1) is 0 Å². The molecule has 0 saturated heterocycles. The molecule has 128 valence electrons. The molecule has 23 heavy (non-hydrogen) atoms. The Hall–Kier alpha value is -1.59. The number of fused-ring (bicyclic) bond motifs is 1. The number of hydrogen-bond acceptors (Lipinski definition) is 3. The summed E-state index contributed by atoms with van der Waals surface area (Å²) < 4.78 is 0. The summed E-state index contributed by atoms with van der Waals surface area (Å²) >= 11 is 5.79. The van der Waals surface area contributed by atoms with Crippen LogP contribution in [0.5, 0.6) is 0 Å². The monoisotopic (exact) mass is 341 g/mol. The molecule has 2 rings (SSSR count). The fourth-order valence-electron chi connectivity index (χ4n) is 2.36. The summed E-state index contributed by atoms with van der Waals surface area (Å²) in [5.41, 5.74) is 4.20. The van der Waals surface area contributed by atoms with Crippen molar-refractivity contribution < 1.29 is 19.8 Å². The molecular weight excluding hydrogens is 318 g/mol. The second-order valence-corrected chi connectivity index (χ2v) is 5.75. The molecule has 3 N–H and O–H groups in total. The third-order valence-corrected chi connectivity index (χ3v) is 3.91. The number of rotatable bonds is 6. The molecule has 0 radical (unpaired) electrons. The molecule has 6 heteroatoms. The zero-order valence-corrected chi connectivity index (χ0v) is 13.9. The van der Waals surface area contributed by atoms with Crippen molar-refractivity contribution in [2.45, 2.75) is 44.4 Å². The summed E-state index contributed by atoms with van der Waals surface area (Å²) in [6, 6.07) is 6.60. The average Bonchev–Trinajstić information content (AvgIpc) is 2.76. The number of benzene rings is 1. The van der Waals surface area contributed by atoms with Crippen molar-refractivity contribution in [1.29, 1.82) is 0 Å². The van der Waals surface area contributed by atoms with E-state index >= 15 is 0 Å². The van der Waals surface area contributed by atoms with Gasteiger partial charge in [0.25, 0.3) is 0 Å². The smallest absolute Gasteiger partial charge is 0.303 e. The predicted molar refractivity (Wildman–Crippen MR) is 90.0 cm³/mol. The quantitative estimate of drug-likeness (QED) is 0.547. The Morgan fingerprint density at radius 3 is 2.09 bits per heavy atom. The van der Waals surface area contributed by atoms with E-state index in [1.165, 1.54) is 16.7 Å². The number of carbonyl (C=O) groups is 2. The van der Waals surface area contributed by atoms with Crippen molar-refractivity contribution in [2.24, 2.45) is 0 Å². The van der Waals surface area contributed by atoms with E-state index in [4.69, 9.17) is 21.8 Å². The van der Waals surface area contributed by atoms with Gasteiger partial charge >= 0.3 is 11.9 Å². The minimum absolute atomic E-state index is 0.0628. The third-order valence-electron chi connectivity index (χ3n) is 3.60. The Morgan fingerprint density at radius 2 is 1.57 bits per heavy atom. The molecule has 1 aromatic rings. The van der Waals surface area contributed by atoms with Crippen molar-refractivity contribution in [2.75, 3.05) is 13.1 Å². The Bertz CT molecular complexity index is 503. The topological polar surface area (TPSA) is 86.6 Å². The van der Waals surface area contributed by atoms with Gasteiger partial charge < -0.3 is 15.5 Å². The molecule has 1 aromatic carbocycles. The maximum Gasteiger partial charge on any atom is 0.303 e. The van der Waals surface area contributed by atoms with E-state index in [1.54, 1.807) is 0 Å². The highest BCUT2D eigenvalue weighted by atomic mass is 35.5. The largest absolute Gasteiger partial charge is 0.481 e. The Morgan fingerprint density at radius 1 is 1.00 bits per heavy atom. The first-order chi connectivity index (χ1) is 11.0. The van der Waals surface area contributed by atoms with Crippen LogP contribution in [-0.2, 0) is 28.3 Å². The molecule has 0 fully saturated rings. The van der Waals surface area contributed by atoms with E-state index in [1.807, 2.05) is 0 Å². The lowest BCUT2D eigenvalue weighted by Gasteiger charge is -2.06. The highest BCUT2D eigenvalue weighted by molar-refractivity contribution is 6.17. The summed E-state index contributed by atoms with van der Waals surface area (Å²) in [5, 5.41) is 19.7. The van der Waals surface area contributed by atoms with Gasteiger partial charge in [0.15, 0.2) is 0 Å². The predicted octanol–water partition coefficient (Wildman–Crippen LogP) is 2.83. The number of nitrogens with one attached hydrogen (secondary N) is 1. The molecule has 0 spiro atoms. The lowest BCUT2D eigenvalue weighted by molar-refractivity contribution is -0.139. The van der Waals surface area contributed by atoms with Gasteiger partial charge in [-0.2, -0.15) is 0 Å². The highest BCUT2D eigenvalue weighted by Crippen LogP contribution is 2.16. The van der Waals surface area contributed by atoms with Crippen molar-refractivity contribution >= 4 is 23.5 Å². The molecule has 1 aliphatic heterocycles. The molecule has 5 nitrogen and oxygen atoms in total. The van der Waals surface area contributed by atoms with Gasteiger partial charge in [0.1, 0.15) is 0 Å². The van der Waals surface area contributed by atoms with Gasteiger partial charge in [-0.25, -0.2) is 0 Å². The fraction of sp³-hybridized carbons (Fsp3) is 0.529. The number of unbranched alkanes of at least 4 members (excludes halogenated alkanes) is 1. The highest BCUT2D eigenvalue weighted by Gasteiger charge is 2.07. The van der Waals surface area contributed by atoms with Crippen molar-refractivity contribution in [3.8, 4) is 0 Å².